The molecule has 0 aromatic rings. The first-order chi connectivity index (χ1) is 8.33. The summed E-state index contributed by atoms with van der Waals surface area (Å²) < 4.78 is 12.0. The van der Waals surface area contributed by atoms with Gasteiger partial charge in [0.2, 0.25) is 0 Å². The zero-order chi connectivity index (χ0) is 14.1. The molecule has 0 fully saturated rings. The van der Waals surface area contributed by atoms with Crippen LogP contribution >= 0.6 is 0 Å². The summed E-state index contributed by atoms with van der Waals surface area (Å²) in [5, 5.41) is 0. The number of unbranched alkanes of at least 4 members (excludes halogenated alkanes) is 1. The van der Waals surface area contributed by atoms with Gasteiger partial charge in [0.25, 0.3) is 0 Å². The summed E-state index contributed by atoms with van der Waals surface area (Å²) in [5.41, 5.74) is 0. The molecule has 0 saturated carbocycles. The van der Waals surface area contributed by atoms with Gasteiger partial charge in [0, 0.05) is 13.2 Å². The monoisotopic (exact) mass is 290 g/mol. The maximum Gasteiger partial charge on any atom is 0.186 e. The van der Waals surface area contributed by atoms with Crippen molar-refractivity contribution in [1.29, 1.82) is 0 Å². The SMILES string of the molecule is CCCO[Si](C)(C)CCCC[Si](C)(C)OCCC. The molecular weight excluding hydrogens is 256 g/mol. The molecule has 0 radical (unpaired) electrons. The molecule has 0 amide bonds. The zero-order valence-electron chi connectivity index (χ0n) is 13.5. The Morgan fingerprint density at radius 2 is 1.00 bits per heavy atom. The molecule has 0 aromatic carbocycles. The van der Waals surface area contributed by atoms with E-state index in [1.807, 2.05) is 0 Å². The van der Waals surface area contributed by atoms with Crippen LogP contribution in [-0.2, 0) is 8.85 Å². The second-order valence-electron chi connectivity index (χ2n) is 6.42. The van der Waals surface area contributed by atoms with Gasteiger partial charge in [-0.15, -0.1) is 0 Å². The van der Waals surface area contributed by atoms with Crippen LogP contribution in [-0.4, -0.2) is 29.8 Å². The van der Waals surface area contributed by atoms with Gasteiger partial charge in [0.15, 0.2) is 16.6 Å². The van der Waals surface area contributed by atoms with E-state index < -0.39 is 16.6 Å². The molecule has 0 aliphatic rings. The third-order valence-electron chi connectivity index (χ3n) is 3.20. The summed E-state index contributed by atoms with van der Waals surface area (Å²) in [6.45, 7) is 15.6. The summed E-state index contributed by atoms with van der Waals surface area (Å²) in [7, 11) is -2.74. The van der Waals surface area contributed by atoms with Crippen molar-refractivity contribution < 1.29 is 8.85 Å². The summed E-state index contributed by atoms with van der Waals surface area (Å²) in [4.78, 5) is 0. The minimum Gasteiger partial charge on any atom is -0.417 e. The van der Waals surface area contributed by atoms with Crippen molar-refractivity contribution in [3.8, 4) is 0 Å². The Morgan fingerprint density at radius 3 is 1.28 bits per heavy atom. The molecule has 0 atom stereocenters. The number of rotatable bonds is 11. The van der Waals surface area contributed by atoms with Crippen molar-refractivity contribution >= 4 is 16.6 Å². The predicted molar refractivity (Wildman–Crippen MR) is 86.3 cm³/mol. The van der Waals surface area contributed by atoms with Crippen LogP contribution in [0.15, 0.2) is 0 Å². The van der Waals surface area contributed by atoms with Crippen LogP contribution in [0.1, 0.15) is 39.5 Å². The maximum atomic E-state index is 5.99. The van der Waals surface area contributed by atoms with Crippen LogP contribution in [0, 0.1) is 0 Å². The molecule has 0 saturated heterocycles. The largest absolute Gasteiger partial charge is 0.417 e. The molecule has 0 aliphatic carbocycles. The number of hydrogen-bond donors (Lipinski definition) is 0. The van der Waals surface area contributed by atoms with Gasteiger partial charge in [-0.1, -0.05) is 26.7 Å². The molecule has 0 spiro atoms. The fraction of sp³-hybridized carbons (Fsp3) is 1.00. The second kappa shape index (κ2) is 9.29. The van der Waals surface area contributed by atoms with Crippen molar-refractivity contribution in [3.05, 3.63) is 0 Å². The first-order valence-electron chi connectivity index (χ1n) is 7.61. The quantitative estimate of drug-likeness (QED) is 0.392. The van der Waals surface area contributed by atoms with E-state index in [0.717, 1.165) is 26.1 Å². The highest BCUT2D eigenvalue weighted by Crippen LogP contribution is 2.20. The lowest BCUT2D eigenvalue weighted by Gasteiger charge is -2.25. The van der Waals surface area contributed by atoms with Crippen LogP contribution < -0.4 is 0 Å². The van der Waals surface area contributed by atoms with Crippen LogP contribution in [0.4, 0.5) is 0 Å². The average molecular weight is 291 g/mol. The van der Waals surface area contributed by atoms with E-state index in [9.17, 15) is 0 Å². The molecule has 0 unspecified atom stereocenters. The second-order valence-corrected chi connectivity index (χ2v) is 15.0. The zero-order valence-corrected chi connectivity index (χ0v) is 15.5. The summed E-state index contributed by atoms with van der Waals surface area (Å²) in [6, 6.07) is 2.59. The Labute approximate surface area is 117 Å². The molecule has 4 heteroatoms. The topological polar surface area (TPSA) is 18.5 Å². The lowest BCUT2D eigenvalue weighted by molar-refractivity contribution is 0.302. The Morgan fingerprint density at radius 1 is 0.667 bits per heavy atom. The van der Waals surface area contributed by atoms with Gasteiger partial charge in [-0.25, -0.2) is 0 Å². The standard InChI is InChI=1S/C14H34O2Si2/c1-7-11-15-17(3,4)13-9-10-14-18(5,6)16-12-8-2/h7-14H2,1-6H3. The summed E-state index contributed by atoms with van der Waals surface area (Å²) in [5.74, 6) is 0. The Bertz CT molecular complexity index is 184. The third kappa shape index (κ3) is 10.3. The van der Waals surface area contributed by atoms with Crippen molar-refractivity contribution in [2.45, 2.75) is 77.8 Å². The van der Waals surface area contributed by atoms with Crippen molar-refractivity contribution in [2.24, 2.45) is 0 Å². The van der Waals surface area contributed by atoms with Gasteiger partial charge >= 0.3 is 0 Å². The van der Waals surface area contributed by atoms with E-state index in [-0.39, 0.29) is 0 Å². The molecule has 0 aromatic heterocycles. The van der Waals surface area contributed by atoms with E-state index in [1.165, 1.54) is 24.9 Å². The fourth-order valence-electron chi connectivity index (χ4n) is 2.00. The van der Waals surface area contributed by atoms with Gasteiger partial charge in [-0.3, -0.25) is 0 Å². The maximum absolute atomic E-state index is 5.99. The fourth-order valence-corrected chi connectivity index (χ4v) is 6.01. The predicted octanol–water partition coefficient (Wildman–Crippen LogP) is 5.03. The molecule has 110 valence electrons. The molecular formula is C14H34O2Si2. The van der Waals surface area contributed by atoms with Gasteiger partial charge in [-0.05, 0) is 51.1 Å². The lowest BCUT2D eigenvalue weighted by atomic mass is 10.4. The van der Waals surface area contributed by atoms with Gasteiger partial charge in [-0.2, -0.15) is 0 Å². The van der Waals surface area contributed by atoms with Gasteiger partial charge in [0.05, 0.1) is 0 Å². The van der Waals surface area contributed by atoms with E-state index in [0.29, 0.717) is 0 Å². The van der Waals surface area contributed by atoms with E-state index >= 15 is 0 Å². The van der Waals surface area contributed by atoms with Crippen LogP contribution in [0.3, 0.4) is 0 Å². The summed E-state index contributed by atoms with van der Waals surface area (Å²) >= 11 is 0. The van der Waals surface area contributed by atoms with Crippen molar-refractivity contribution in [2.75, 3.05) is 13.2 Å². The van der Waals surface area contributed by atoms with Crippen molar-refractivity contribution in [1.82, 2.24) is 0 Å². The Kier molecular flexibility index (Phi) is 9.47. The normalized spacial score (nSPS) is 13.0. The minimum atomic E-state index is -1.37. The highest BCUT2D eigenvalue weighted by atomic mass is 28.4. The molecule has 0 aliphatic heterocycles. The van der Waals surface area contributed by atoms with Crippen molar-refractivity contribution in [3.63, 3.8) is 0 Å². The first kappa shape index (κ1) is 18.4. The molecule has 18 heavy (non-hydrogen) atoms. The highest BCUT2D eigenvalue weighted by Gasteiger charge is 2.24. The van der Waals surface area contributed by atoms with Crippen LogP contribution in [0.5, 0.6) is 0 Å². The third-order valence-corrected chi connectivity index (χ3v) is 8.29. The van der Waals surface area contributed by atoms with E-state index in [4.69, 9.17) is 8.85 Å². The van der Waals surface area contributed by atoms with E-state index in [1.54, 1.807) is 0 Å². The average Bonchev–Trinajstić information content (AvgIpc) is 2.30. The minimum absolute atomic E-state index is 0.944. The van der Waals surface area contributed by atoms with Crippen LogP contribution in [0.25, 0.3) is 0 Å². The Balaban J connectivity index is 3.71. The summed E-state index contributed by atoms with van der Waals surface area (Å²) in [6.07, 6.45) is 4.91. The molecule has 0 heterocycles. The van der Waals surface area contributed by atoms with Gasteiger partial charge in [0.1, 0.15) is 0 Å². The molecule has 0 rings (SSSR count). The Hall–Kier alpha value is 0.354. The molecule has 0 bridgehead atoms. The number of hydrogen-bond acceptors (Lipinski definition) is 2. The first-order valence-corrected chi connectivity index (χ1v) is 13.8. The van der Waals surface area contributed by atoms with Crippen LogP contribution in [0.2, 0.25) is 38.3 Å². The van der Waals surface area contributed by atoms with E-state index in [2.05, 4.69) is 40.0 Å². The van der Waals surface area contributed by atoms with Gasteiger partial charge < -0.3 is 8.85 Å². The highest BCUT2D eigenvalue weighted by molar-refractivity contribution is 6.71. The molecule has 2 nitrogen and oxygen atoms in total. The smallest absolute Gasteiger partial charge is 0.186 e. The lowest BCUT2D eigenvalue weighted by Crippen LogP contribution is -2.32. The molecule has 0 N–H and O–H groups in total.